The molecule has 1 aliphatic rings. The van der Waals surface area contributed by atoms with Gasteiger partial charge in [0.05, 0.1) is 11.9 Å². The Labute approximate surface area is 193 Å². The van der Waals surface area contributed by atoms with Crippen LogP contribution in [0.2, 0.25) is 0 Å². The van der Waals surface area contributed by atoms with Crippen LogP contribution in [-0.2, 0) is 16.1 Å². The molecule has 0 aliphatic heterocycles. The monoisotopic (exact) mass is 462 g/mol. The van der Waals surface area contributed by atoms with Crippen molar-refractivity contribution in [2.45, 2.75) is 19.4 Å². The summed E-state index contributed by atoms with van der Waals surface area (Å²) in [6, 6.07) is 13.1. The minimum absolute atomic E-state index is 0.0160. The van der Waals surface area contributed by atoms with E-state index in [2.05, 4.69) is 9.97 Å². The maximum absolute atomic E-state index is 15.1. The molecule has 2 amide bonds. The molecular weight excluding hydrogens is 442 g/mol. The van der Waals surface area contributed by atoms with E-state index < -0.39 is 28.9 Å². The molecule has 3 N–H and O–H groups in total. The number of nitrogens with two attached hydrogens (primary N) is 1. The molecule has 0 spiro atoms. The fraction of sp³-hybridized carbons (Fsp3) is 0.160. The van der Waals surface area contributed by atoms with Crippen molar-refractivity contribution < 1.29 is 23.1 Å². The normalized spacial score (nSPS) is 14.1. The third kappa shape index (κ3) is 3.85. The molecule has 7 nitrogen and oxygen atoms in total. The minimum atomic E-state index is -1.30. The van der Waals surface area contributed by atoms with E-state index in [1.54, 1.807) is 24.5 Å². The lowest BCUT2D eigenvalue weighted by Crippen LogP contribution is -2.43. The number of carbonyl (C=O) groups is 2. The predicted molar refractivity (Wildman–Crippen MR) is 121 cm³/mol. The van der Waals surface area contributed by atoms with Crippen molar-refractivity contribution in [2.24, 2.45) is 11.1 Å². The van der Waals surface area contributed by atoms with E-state index in [9.17, 15) is 14.0 Å². The Morgan fingerprint density at radius 3 is 2.50 bits per heavy atom. The maximum Gasteiger partial charge on any atom is 0.242 e. The van der Waals surface area contributed by atoms with Crippen molar-refractivity contribution in [3.05, 3.63) is 84.2 Å². The van der Waals surface area contributed by atoms with Gasteiger partial charge in [0, 0.05) is 24.1 Å². The number of ether oxygens (including phenoxy) is 1. The zero-order valence-corrected chi connectivity index (χ0v) is 17.9. The number of aromatic nitrogens is 2. The molecule has 172 valence electrons. The molecule has 9 heteroatoms. The molecule has 1 saturated carbocycles. The fourth-order valence-electron chi connectivity index (χ4n) is 3.89. The van der Waals surface area contributed by atoms with Crippen LogP contribution < -0.4 is 15.4 Å². The molecule has 1 fully saturated rings. The molecule has 2 heterocycles. The smallest absolute Gasteiger partial charge is 0.242 e. The second kappa shape index (κ2) is 8.26. The van der Waals surface area contributed by atoms with E-state index in [1.807, 2.05) is 0 Å². The standard InChI is InChI=1S/C25H20F2N4O3/c26-16-3-1-15(2-4-16)14-31(24(33)25(9-10-25)23(28)32)17-5-6-21(19(27)13-17)34-20-8-12-30-22-18(20)7-11-29-22/h1-8,11-13H,9-10,14H2,(H2,28,32)(H,29,30). The minimum Gasteiger partial charge on any atom is -0.453 e. The van der Waals surface area contributed by atoms with Crippen LogP contribution in [-0.4, -0.2) is 21.8 Å². The van der Waals surface area contributed by atoms with Crippen LogP contribution >= 0.6 is 0 Å². The molecule has 0 unspecified atom stereocenters. The molecule has 2 aromatic carbocycles. The molecule has 5 rings (SSSR count). The summed E-state index contributed by atoms with van der Waals surface area (Å²) in [5, 5.41) is 0.691. The van der Waals surface area contributed by atoms with Gasteiger partial charge in [-0.1, -0.05) is 12.1 Å². The zero-order chi connectivity index (χ0) is 23.9. The summed E-state index contributed by atoms with van der Waals surface area (Å²) >= 11 is 0. The second-order valence-electron chi connectivity index (χ2n) is 8.23. The summed E-state index contributed by atoms with van der Waals surface area (Å²) in [6.45, 7) is 0.0160. The average Bonchev–Trinajstić information content (AvgIpc) is 3.50. The number of nitrogens with zero attached hydrogens (tertiary/aromatic N) is 2. The third-order valence-electron chi connectivity index (χ3n) is 6.00. The molecule has 34 heavy (non-hydrogen) atoms. The van der Waals surface area contributed by atoms with Crippen LogP contribution in [0.3, 0.4) is 0 Å². The first-order valence-electron chi connectivity index (χ1n) is 10.6. The topological polar surface area (TPSA) is 101 Å². The van der Waals surface area contributed by atoms with Gasteiger partial charge < -0.3 is 20.4 Å². The van der Waals surface area contributed by atoms with Crippen molar-refractivity contribution in [3.8, 4) is 11.5 Å². The third-order valence-corrected chi connectivity index (χ3v) is 6.00. The first kappa shape index (κ1) is 21.6. The van der Waals surface area contributed by atoms with Crippen LogP contribution in [0.1, 0.15) is 18.4 Å². The number of halogens is 2. The van der Waals surface area contributed by atoms with Crippen molar-refractivity contribution >= 4 is 28.5 Å². The molecule has 0 atom stereocenters. The number of fused-ring (bicyclic) bond motifs is 1. The van der Waals surface area contributed by atoms with Crippen molar-refractivity contribution in [1.29, 1.82) is 0 Å². The van der Waals surface area contributed by atoms with Gasteiger partial charge in [-0.2, -0.15) is 0 Å². The van der Waals surface area contributed by atoms with Crippen LogP contribution in [0.5, 0.6) is 11.5 Å². The van der Waals surface area contributed by atoms with Gasteiger partial charge in [0.15, 0.2) is 11.6 Å². The number of nitrogens with one attached hydrogen (secondary N) is 1. The van der Waals surface area contributed by atoms with Crippen molar-refractivity contribution in [1.82, 2.24) is 9.97 Å². The number of carbonyl (C=O) groups excluding carboxylic acids is 2. The molecule has 2 aromatic heterocycles. The lowest BCUT2D eigenvalue weighted by Gasteiger charge is -2.27. The highest BCUT2D eigenvalue weighted by atomic mass is 19.1. The Morgan fingerprint density at radius 1 is 1.06 bits per heavy atom. The first-order chi connectivity index (χ1) is 16.4. The average molecular weight is 462 g/mol. The fourth-order valence-corrected chi connectivity index (χ4v) is 3.89. The van der Waals surface area contributed by atoms with E-state index in [0.29, 0.717) is 35.2 Å². The predicted octanol–water partition coefficient (Wildman–Crippen LogP) is 4.43. The van der Waals surface area contributed by atoms with Gasteiger partial charge in [-0.15, -0.1) is 0 Å². The molecule has 1 aliphatic carbocycles. The highest BCUT2D eigenvalue weighted by Crippen LogP contribution is 2.48. The van der Waals surface area contributed by atoms with Crippen molar-refractivity contribution in [3.63, 3.8) is 0 Å². The van der Waals surface area contributed by atoms with Crippen LogP contribution in [0.15, 0.2) is 67.0 Å². The molecule has 0 radical (unpaired) electrons. The summed E-state index contributed by atoms with van der Waals surface area (Å²) < 4.78 is 34.2. The lowest BCUT2D eigenvalue weighted by molar-refractivity contribution is -0.133. The first-order valence-corrected chi connectivity index (χ1v) is 10.6. The number of primary amides is 1. The number of aromatic amines is 1. The largest absolute Gasteiger partial charge is 0.453 e. The Balaban J connectivity index is 1.47. The summed E-state index contributed by atoms with van der Waals surface area (Å²) in [5.41, 5.74) is 5.65. The number of amides is 2. The Kier molecular flexibility index (Phi) is 5.24. The second-order valence-corrected chi connectivity index (χ2v) is 8.23. The van der Waals surface area contributed by atoms with Gasteiger partial charge in [0.1, 0.15) is 22.6 Å². The summed E-state index contributed by atoms with van der Waals surface area (Å²) in [5.74, 6) is -1.96. The van der Waals surface area contributed by atoms with Gasteiger partial charge in [0.25, 0.3) is 0 Å². The number of benzene rings is 2. The van der Waals surface area contributed by atoms with Gasteiger partial charge in [-0.3, -0.25) is 9.59 Å². The quantitative estimate of drug-likeness (QED) is 0.397. The molecule has 0 bridgehead atoms. The van der Waals surface area contributed by atoms with E-state index in [1.165, 1.54) is 47.4 Å². The van der Waals surface area contributed by atoms with Gasteiger partial charge in [-0.25, -0.2) is 13.8 Å². The number of hydrogen-bond acceptors (Lipinski definition) is 4. The highest BCUT2D eigenvalue weighted by molar-refractivity contribution is 6.13. The Hall–Kier alpha value is -4.27. The van der Waals surface area contributed by atoms with E-state index in [0.717, 1.165) is 0 Å². The number of rotatable bonds is 7. The number of H-pyrrole nitrogens is 1. The van der Waals surface area contributed by atoms with Gasteiger partial charge in [0.2, 0.25) is 11.8 Å². The van der Waals surface area contributed by atoms with Crippen LogP contribution in [0.4, 0.5) is 14.5 Å². The summed E-state index contributed by atoms with van der Waals surface area (Å²) in [4.78, 5) is 33.8. The van der Waals surface area contributed by atoms with E-state index in [-0.39, 0.29) is 18.0 Å². The summed E-state index contributed by atoms with van der Waals surface area (Å²) in [7, 11) is 0. The van der Waals surface area contributed by atoms with Gasteiger partial charge >= 0.3 is 0 Å². The SMILES string of the molecule is NC(=O)C1(C(=O)N(Cc2ccc(F)cc2)c2ccc(Oc3ccnc4[nH]ccc34)c(F)c2)CC1. The lowest BCUT2D eigenvalue weighted by atomic mass is 10.0. The van der Waals surface area contributed by atoms with Crippen LogP contribution in [0.25, 0.3) is 11.0 Å². The molecule has 4 aromatic rings. The van der Waals surface area contributed by atoms with Crippen LogP contribution in [0, 0.1) is 17.0 Å². The maximum atomic E-state index is 15.1. The molecule has 0 saturated heterocycles. The number of hydrogen-bond donors (Lipinski definition) is 2. The van der Waals surface area contributed by atoms with E-state index in [4.69, 9.17) is 10.5 Å². The molecular formula is C25H20F2N4O3. The summed E-state index contributed by atoms with van der Waals surface area (Å²) in [6.07, 6.45) is 3.91. The Morgan fingerprint density at radius 2 is 1.82 bits per heavy atom. The number of pyridine rings is 1. The van der Waals surface area contributed by atoms with Gasteiger partial charge in [-0.05, 0) is 54.8 Å². The van der Waals surface area contributed by atoms with E-state index >= 15 is 4.39 Å². The number of anilines is 1. The van der Waals surface area contributed by atoms with Crippen molar-refractivity contribution in [2.75, 3.05) is 4.90 Å². The zero-order valence-electron chi connectivity index (χ0n) is 17.9. The highest BCUT2D eigenvalue weighted by Gasteiger charge is 2.57. The Bertz CT molecular complexity index is 1400.